The van der Waals surface area contributed by atoms with Gasteiger partial charge in [0.05, 0.1) is 11.1 Å². The number of nitrogens with zero attached hydrogens (tertiary/aromatic N) is 2. The lowest BCUT2D eigenvalue weighted by Gasteiger charge is -2.48. The van der Waals surface area contributed by atoms with Gasteiger partial charge in [0.1, 0.15) is 11.4 Å². The van der Waals surface area contributed by atoms with Crippen LogP contribution in [0.5, 0.6) is 5.75 Å². The summed E-state index contributed by atoms with van der Waals surface area (Å²) in [6, 6.07) is 21.2. The summed E-state index contributed by atoms with van der Waals surface area (Å²) >= 11 is 0. The van der Waals surface area contributed by atoms with Crippen LogP contribution < -0.4 is 9.64 Å². The molecule has 1 unspecified atom stereocenters. The number of ether oxygens (including phenoxy) is 1. The van der Waals surface area contributed by atoms with Crippen LogP contribution >= 0.6 is 0 Å². The molecule has 0 aromatic heterocycles. The van der Waals surface area contributed by atoms with Crippen molar-refractivity contribution in [3.63, 3.8) is 0 Å². The van der Waals surface area contributed by atoms with E-state index in [1.165, 1.54) is 16.6 Å². The number of rotatable bonds is 1. The van der Waals surface area contributed by atoms with E-state index in [1.54, 1.807) is 0 Å². The molecule has 27 heavy (non-hydrogen) atoms. The maximum Gasteiger partial charge on any atom is 0.231 e. The molecule has 1 atom stereocenters. The maximum absolute atomic E-state index is 6.90. The number of hydrogen-bond donors (Lipinski definition) is 0. The molecule has 3 heteroatoms. The van der Waals surface area contributed by atoms with Gasteiger partial charge in [0.2, 0.25) is 5.72 Å². The Bertz CT molecular complexity index is 1100. The van der Waals surface area contributed by atoms with Gasteiger partial charge in [-0.05, 0) is 43.4 Å². The second-order valence-corrected chi connectivity index (χ2v) is 7.99. The molecule has 1 spiro atoms. The molecule has 3 nitrogen and oxygen atoms in total. The smallest absolute Gasteiger partial charge is 0.231 e. The number of fused-ring (bicyclic) bond motifs is 4. The van der Waals surface area contributed by atoms with Gasteiger partial charge in [-0.2, -0.15) is 0 Å². The topological polar surface area (TPSA) is 24.8 Å². The highest BCUT2D eigenvalue weighted by Gasteiger charge is 2.61. The molecule has 136 valence electrons. The summed E-state index contributed by atoms with van der Waals surface area (Å²) in [4.78, 5) is 7.49. The van der Waals surface area contributed by atoms with Gasteiger partial charge in [0.15, 0.2) is 0 Å². The Morgan fingerprint density at radius 1 is 0.963 bits per heavy atom. The Labute approximate surface area is 160 Å². The summed E-state index contributed by atoms with van der Waals surface area (Å²) in [5, 5.41) is 2.34. The van der Waals surface area contributed by atoms with Crippen LogP contribution in [0.4, 0.5) is 11.4 Å². The van der Waals surface area contributed by atoms with Crippen LogP contribution in [0, 0.1) is 0 Å². The fourth-order valence-electron chi connectivity index (χ4n) is 5.00. The van der Waals surface area contributed by atoms with Crippen LogP contribution in [0.2, 0.25) is 0 Å². The first-order valence-corrected chi connectivity index (χ1v) is 9.63. The van der Waals surface area contributed by atoms with Crippen molar-refractivity contribution >= 4 is 27.9 Å². The predicted molar refractivity (Wildman–Crippen MR) is 113 cm³/mol. The van der Waals surface area contributed by atoms with E-state index < -0.39 is 5.72 Å². The molecular weight excluding hydrogens is 332 g/mol. The lowest BCUT2D eigenvalue weighted by Crippen LogP contribution is -2.65. The van der Waals surface area contributed by atoms with Crippen molar-refractivity contribution in [1.82, 2.24) is 0 Å². The van der Waals surface area contributed by atoms with Crippen molar-refractivity contribution in [2.75, 3.05) is 11.9 Å². The van der Waals surface area contributed by atoms with Crippen LogP contribution in [-0.2, 0) is 5.41 Å². The van der Waals surface area contributed by atoms with Gasteiger partial charge < -0.3 is 9.64 Å². The zero-order valence-electron chi connectivity index (χ0n) is 16.3. The van der Waals surface area contributed by atoms with Crippen molar-refractivity contribution in [2.24, 2.45) is 4.99 Å². The molecule has 2 aliphatic heterocycles. The second kappa shape index (κ2) is 5.35. The normalized spacial score (nSPS) is 22.4. The molecule has 2 heterocycles. The average molecular weight is 356 g/mol. The van der Waals surface area contributed by atoms with Crippen LogP contribution in [0.25, 0.3) is 10.8 Å². The number of aliphatic imine (C=N–C) groups is 1. The van der Waals surface area contributed by atoms with Crippen molar-refractivity contribution in [3.8, 4) is 5.75 Å². The van der Waals surface area contributed by atoms with E-state index in [-0.39, 0.29) is 5.41 Å². The highest BCUT2D eigenvalue weighted by Crippen LogP contribution is 2.56. The van der Waals surface area contributed by atoms with Crippen LogP contribution in [0.3, 0.4) is 0 Å². The van der Waals surface area contributed by atoms with Gasteiger partial charge >= 0.3 is 0 Å². The lowest BCUT2D eigenvalue weighted by molar-refractivity contribution is 0.0756. The van der Waals surface area contributed by atoms with Crippen molar-refractivity contribution in [1.29, 1.82) is 0 Å². The molecule has 5 rings (SSSR count). The molecule has 0 saturated heterocycles. The minimum atomic E-state index is -0.610. The van der Waals surface area contributed by atoms with Gasteiger partial charge in [-0.3, -0.25) is 0 Å². The first kappa shape index (κ1) is 16.4. The van der Waals surface area contributed by atoms with Gasteiger partial charge in [-0.25, -0.2) is 4.99 Å². The second-order valence-electron chi connectivity index (χ2n) is 7.99. The first-order valence-electron chi connectivity index (χ1n) is 9.63. The summed E-state index contributed by atoms with van der Waals surface area (Å²) < 4.78 is 6.90. The number of anilines is 1. The molecule has 0 radical (unpaired) electrons. The zero-order chi connectivity index (χ0) is 18.8. The molecule has 3 aromatic carbocycles. The number of benzene rings is 3. The molecule has 0 N–H and O–H groups in total. The summed E-state index contributed by atoms with van der Waals surface area (Å²) in [6.45, 7) is 6.71. The molecule has 0 amide bonds. The number of para-hydroxylation sites is 1. The minimum Gasteiger partial charge on any atom is -0.459 e. The van der Waals surface area contributed by atoms with Gasteiger partial charge in [-0.15, -0.1) is 0 Å². The third-order valence-corrected chi connectivity index (χ3v) is 6.35. The average Bonchev–Trinajstić information content (AvgIpc) is 2.86. The number of hydrogen-bond acceptors (Lipinski definition) is 3. The van der Waals surface area contributed by atoms with Crippen LogP contribution in [0.15, 0.2) is 65.7 Å². The quantitative estimate of drug-likeness (QED) is 0.547. The van der Waals surface area contributed by atoms with E-state index >= 15 is 0 Å². The Morgan fingerprint density at radius 3 is 2.48 bits per heavy atom. The van der Waals surface area contributed by atoms with Gasteiger partial charge in [0.25, 0.3) is 0 Å². The fraction of sp³-hybridized carbons (Fsp3) is 0.292. The maximum atomic E-state index is 6.90. The number of likely N-dealkylation sites (N-methyl/N-ethyl adjacent to an activating group) is 1. The van der Waals surface area contributed by atoms with Gasteiger partial charge in [0, 0.05) is 18.1 Å². The van der Waals surface area contributed by atoms with Gasteiger partial charge in [-0.1, -0.05) is 55.5 Å². The van der Waals surface area contributed by atoms with E-state index in [2.05, 4.69) is 93.4 Å². The fourth-order valence-corrected chi connectivity index (χ4v) is 5.00. The predicted octanol–water partition coefficient (Wildman–Crippen LogP) is 5.84. The molecular formula is C24H24N2O. The van der Waals surface area contributed by atoms with Crippen molar-refractivity contribution in [3.05, 3.63) is 66.2 Å². The van der Waals surface area contributed by atoms with E-state index in [9.17, 15) is 0 Å². The molecule has 0 bridgehead atoms. The van der Waals surface area contributed by atoms with E-state index in [4.69, 9.17) is 9.73 Å². The Balaban J connectivity index is 1.79. The van der Waals surface area contributed by atoms with E-state index in [0.717, 1.165) is 29.0 Å². The monoisotopic (exact) mass is 356 g/mol. The summed E-state index contributed by atoms with van der Waals surface area (Å²) in [5.41, 5.74) is 3.72. The SMILES string of the molecule is CCC1=Nc2c(ccc3ccccc23)OC12N(C)c1ccccc1C2(C)C. The Morgan fingerprint density at radius 2 is 1.70 bits per heavy atom. The molecule has 0 fully saturated rings. The third kappa shape index (κ3) is 1.89. The largest absolute Gasteiger partial charge is 0.459 e. The Kier molecular flexibility index (Phi) is 3.24. The van der Waals surface area contributed by atoms with Crippen LogP contribution in [0.1, 0.15) is 32.8 Å². The van der Waals surface area contributed by atoms with Crippen molar-refractivity contribution < 1.29 is 4.74 Å². The molecule has 0 saturated carbocycles. The zero-order valence-corrected chi connectivity index (χ0v) is 16.3. The molecule has 3 aromatic rings. The summed E-state index contributed by atoms with van der Waals surface area (Å²) in [5.74, 6) is 0.860. The lowest BCUT2D eigenvalue weighted by atomic mass is 9.74. The standard InChI is InChI=1S/C24H24N2O/c1-5-21-24(23(2,3)18-12-8-9-13-19(18)26(24)4)27-20-15-14-16-10-6-7-11-17(16)22(20)25-21/h6-15H,5H2,1-4H3. The van der Waals surface area contributed by atoms with Crippen molar-refractivity contribution in [2.45, 2.75) is 38.3 Å². The molecule has 0 aliphatic carbocycles. The van der Waals surface area contributed by atoms with E-state index in [1.807, 2.05) is 0 Å². The van der Waals surface area contributed by atoms with E-state index in [0.29, 0.717) is 0 Å². The highest BCUT2D eigenvalue weighted by molar-refractivity contribution is 6.06. The summed E-state index contributed by atoms with van der Waals surface area (Å²) in [7, 11) is 2.13. The van der Waals surface area contributed by atoms with Crippen LogP contribution in [-0.4, -0.2) is 18.5 Å². The third-order valence-electron chi connectivity index (χ3n) is 6.35. The minimum absolute atomic E-state index is 0.226. The summed E-state index contributed by atoms with van der Waals surface area (Å²) in [6.07, 6.45) is 0.838. The Hall–Kier alpha value is -2.81. The highest BCUT2D eigenvalue weighted by atomic mass is 16.5. The first-order chi connectivity index (χ1) is 13.0. The molecule has 2 aliphatic rings.